The standard InChI is InChI=1S/C15H18ClNO3/c1-18-13-6-5-11(14(16)15(13)19-2)10-17-8-7-12-4-3-9-20-12/h3-6,9,17H,7-8,10H2,1-2H3. The summed E-state index contributed by atoms with van der Waals surface area (Å²) >= 11 is 6.31. The predicted molar refractivity (Wildman–Crippen MR) is 78.7 cm³/mol. The molecule has 0 saturated heterocycles. The minimum Gasteiger partial charge on any atom is -0.493 e. The Hall–Kier alpha value is -1.65. The molecule has 0 unspecified atom stereocenters. The molecule has 0 spiro atoms. The lowest BCUT2D eigenvalue weighted by molar-refractivity contribution is 0.354. The zero-order valence-corrected chi connectivity index (χ0v) is 12.4. The van der Waals surface area contributed by atoms with Crippen molar-refractivity contribution in [2.45, 2.75) is 13.0 Å². The molecular formula is C15H18ClNO3. The molecule has 0 aliphatic rings. The maximum absolute atomic E-state index is 6.31. The molecule has 1 heterocycles. The first kappa shape index (κ1) is 14.8. The van der Waals surface area contributed by atoms with Gasteiger partial charge in [0.25, 0.3) is 0 Å². The number of methoxy groups -OCH3 is 2. The van der Waals surface area contributed by atoms with Gasteiger partial charge in [0, 0.05) is 19.5 Å². The molecule has 0 saturated carbocycles. The highest BCUT2D eigenvalue weighted by Crippen LogP contribution is 2.37. The van der Waals surface area contributed by atoms with Crippen LogP contribution in [0.3, 0.4) is 0 Å². The lowest BCUT2D eigenvalue weighted by Crippen LogP contribution is -2.16. The third-order valence-corrected chi connectivity index (χ3v) is 3.42. The quantitative estimate of drug-likeness (QED) is 0.796. The van der Waals surface area contributed by atoms with E-state index in [1.54, 1.807) is 20.5 Å². The normalized spacial score (nSPS) is 10.6. The number of benzene rings is 1. The first-order chi connectivity index (χ1) is 9.76. The van der Waals surface area contributed by atoms with Gasteiger partial charge >= 0.3 is 0 Å². The van der Waals surface area contributed by atoms with Crippen LogP contribution in [-0.2, 0) is 13.0 Å². The van der Waals surface area contributed by atoms with Crippen molar-refractivity contribution in [2.24, 2.45) is 0 Å². The molecular weight excluding hydrogens is 278 g/mol. The van der Waals surface area contributed by atoms with Crippen molar-refractivity contribution in [3.05, 3.63) is 46.9 Å². The maximum atomic E-state index is 6.31. The number of furan rings is 1. The Labute approximate surface area is 123 Å². The van der Waals surface area contributed by atoms with Gasteiger partial charge in [-0.3, -0.25) is 0 Å². The smallest absolute Gasteiger partial charge is 0.179 e. The van der Waals surface area contributed by atoms with Crippen LogP contribution < -0.4 is 14.8 Å². The molecule has 0 aliphatic carbocycles. The van der Waals surface area contributed by atoms with Crippen LogP contribution in [0.4, 0.5) is 0 Å². The molecule has 108 valence electrons. The van der Waals surface area contributed by atoms with E-state index in [1.165, 1.54) is 0 Å². The number of ether oxygens (including phenoxy) is 2. The molecule has 20 heavy (non-hydrogen) atoms. The Kier molecular flexibility index (Phi) is 5.32. The van der Waals surface area contributed by atoms with E-state index in [-0.39, 0.29) is 0 Å². The van der Waals surface area contributed by atoms with Crippen LogP contribution in [0.25, 0.3) is 0 Å². The molecule has 0 radical (unpaired) electrons. The average Bonchev–Trinajstić information content (AvgIpc) is 2.97. The second-order valence-corrected chi connectivity index (χ2v) is 4.66. The number of nitrogens with one attached hydrogen (secondary N) is 1. The zero-order valence-electron chi connectivity index (χ0n) is 11.6. The molecule has 0 bridgehead atoms. The maximum Gasteiger partial charge on any atom is 0.179 e. The lowest BCUT2D eigenvalue weighted by Gasteiger charge is -2.13. The van der Waals surface area contributed by atoms with Gasteiger partial charge in [0.2, 0.25) is 0 Å². The average molecular weight is 296 g/mol. The third-order valence-electron chi connectivity index (χ3n) is 3.01. The molecule has 1 aromatic carbocycles. The Balaban J connectivity index is 1.92. The Bertz CT molecular complexity index is 540. The van der Waals surface area contributed by atoms with Crippen LogP contribution in [0.5, 0.6) is 11.5 Å². The summed E-state index contributed by atoms with van der Waals surface area (Å²) in [6.07, 6.45) is 2.53. The van der Waals surface area contributed by atoms with Crippen LogP contribution in [0, 0.1) is 0 Å². The highest BCUT2D eigenvalue weighted by molar-refractivity contribution is 6.33. The molecule has 1 aromatic heterocycles. The van der Waals surface area contributed by atoms with Crippen molar-refractivity contribution in [3.8, 4) is 11.5 Å². The van der Waals surface area contributed by atoms with Crippen LogP contribution in [-0.4, -0.2) is 20.8 Å². The van der Waals surface area contributed by atoms with Gasteiger partial charge < -0.3 is 19.2 Å². The number of hydrogen-bond donors (Lipinski definition) is 1. The highest BCUT2D eigenvalue weighted by atomic mass is 35.5. The molecule has 2 rings (SSSR count). The number of rotatable bonds is 7. The van der Waals surface area contributed by atoms with Crippen molar-refractivity contribution in [3.63, 3.8) is 0 Å². The molecule has 4 nitrogen and oxygen atoms in total. The van der Waals surface area contributed by atoms with Gasteiger partial charge in [-0.1, -0.05) is 17.7 Å². The lowest BCUT2D eigenvalue weighted by atomic mass is 10.2. The molecule has 0 fully saturated rings. The van der Waals surface area contributed by atoms with Gasteiger partial charge in [-0.2, -0.15) is 0 Å². The summed E-state index contributed by atoms with van der Waals surface area (Å²) < 4.78 is 15.8. The summed E-state index contributed by atoms with van der Waals surface area (Å²) in [6.45, 7) is 1.48. The van der Waals surface area contributed by atoms with E-state index in [4.69, 9.17) is 25.5 Å². The molecule has 0 aliphatic heterocycles. The van der Waals surface area contributed by atoms with Gasteiger partial charge in [-0.25, -0.2) is 0 Å². The van der Waals surface area contributed by atoms with Crippen molar-refractivity contribution >= 4 is 11.6 Å². The van der Waals surface area contributed by atoms with Gasteiger partial charge in [0.15, 0.2) is 11.5 Å². The van der Waals surface area contributed by atoms with Crippen molar-refractivity contribution in [1.82, 2.24) is 5.32 Å². The fraction of sp³-hybridized carbons (Fsp3) is 0.333. The van der Waals surface area contributed by atoms with Crippen LogP contribution in [0.2, 0.25) is 5.02 Å². The number of hydrogen-bond acceptors (Lipinski definition) is 4. The number of halogens is 1. The van der Waals surface area contributed by atoms with E-state index in [1.807, 2.05) is 24.3 Å². The second kappa shape index (κ2) is 7.22. The van der Waals surface area contributed by atoms with Gasteiger partial charge in [-0.05, 0) is 23.8 Å². The Morgan fingerprint density at radius 1 is 1.20 bits per heavy atom. The minimum absolute atomic E-state index is 0.569. The first-order valence-electron chi connectivity index (χ1n) is 6.38. The van der Waals surface area contributed by atoms with E-state index >= 15 is 0 Å². The topological polar surface area (TPSA) is 43.6 Å². The monoisotopic (exact) mass is 295 g/mol. The van der Waals surface area contributed by atoms with Crippen LogP contribution in [0.1, 0.15) is 11.3 Å². The van der Waals surface area contributed by atoms with Crippen molar-refractivity contribution < 1.29 is 13.9 Å². The van der Waals surface area contributed by atoms with Gasteiger partial charge in [0.1, 0.15) is 5.76 Å². The zero-order chi connectivity index (χ0) is 14.4. The van der Waals surface area contributed by atoms with E-state index in [0.29, 0.717) is 23.1 Å². The van der Waals surface area contributed by atoms with E-state index in [0.717, 1.165) is 24.3 Å². The Morgan fingerprint density at radius 3 is 2.70 bits per heavy atom. The second-order valence-electron chi connectivity index (χ2n) is 4.28. The van der Waals surface area contributed by atoms with E-state index in [2.05, 4.69) is 5.32 Å². The van der Waals surface area contributed by atoms with Gasteiger partial charge in [-0.15, -0.1) is 0 Å². The largest absolute Gasteiger partial charge is 0.493 e. The van der Waals surface area contributed by atoms with Crippen LogP contribution in [0.15, 0.2) is 34.9 Å². The SMILES string of the molecule is COc1ccc(CNCCc2ccco2)c(Cl)c1OC. The fourth-order valence-electron chi connectivity index (χ4n) is 1.96. The summed E-state index contributed by atoms with van der Waals surface area (Å²) in [5.74, 6) is 2.17. The van der Waals surface area contributed by atoms with E-state index in [9.17, 15) is 0 Å². The molecule has 0 atom stereocenters. The van der Waals surface area contributed by atoms with Crippen LogP contribution >= 0.6 is 11.6 Å². The minimum atomic E-state index is 0.569. The molecule has 0 amide bonds. The van der Waals surface area contributed by atoms with Gasteiger partial charge in [0.05, 0.1) is 25.5 Å². The summed E-state index contributed by atoms with van der Waals surface area (Å²) in [6, 6.07) is 7.64. The highest BCUT2D eigenvalue weighted by Gasteiger charge is 2.12. The molecule has 2 aromatic rings. The first-order valence-corrected chi connectivity index (χ1v) is 6.76. The molecule has 1 N–H and O–H groups in total. The fourth-order valence-corrected chi connectivity index (χ4v) is 2.26. The summed E-state index contributed by atoms with van der Waals surface area (Å²) in [5.41, 5.74) is 0.976. The van der Waals surface area contributed by atoms with Crippen molar-refractivity contribution in [1.29, 1.82) is 0 Å². The summed E-state index contributed by atoms with van der Waals surface area (Å²) in [4.78, 5) is 0. The van der Waals surface area contributed by atoms with E-state index < -0.39 is 0 Å². The predicted octanol–water partition coefficient (Wildman–Crippen LogP) is 3.28. The Morgan fingerprint density at radius 2 is 2.05 bits per heavy atom. The summed E-state index contributed by atoms with van der Waals surface area (Å²) in [5, 5.41) is 3.91. The molecule has 5 heteroatoms. The van der Waals surface area contributed by atoms with Crippen molar-refractivity contribution in [2.75, 3.05) is 20.8 Å². The third kappa shape index (κ3) is 3.46. The summed E-state index contributed by atoms with van der Waals surface area (Å²) in [7, 11) is 3.17.